The van der Waals surface area contributed by atoms with Crippen LogP contribution in [0.3, 0.4) is 0 Å². The molecule has 2 aliphatic rings. The van der Waals surface area contributed by atoms with Crippen molar-refractivity contribution in [3.8, 4) is 17.9 Å². The van der Waals surface area contributed by atoms with Gasteiger partial charge in [0.05, 0.1) is 43.8 Å². The number of rotatable bonds is 6. The lowest BCUT2D eigenvalue weighted by atomic mass is 10.0. The van der Waals surface area contributed by atoms with Crippen molar-refractivity contribution in [2.75, 3.05) is 52.4 Å². The van der Waals surface area contributed by atoms with Crippen LogP contribution in [-0.2, 0) is 4.79 Å². The Balaban J connectivity index is 1.95. The summed E-state index contributed by atoms with van der Waals surface area (Å²) in [7, 11) is 0. The highest BCUT2D eigenvalue weighted by Gasteiger charge is 2.27. The maximum absolute atomic E-state index is 13.6. The first-order chi connectivity index (χ1) is 17.1. The lowest BCUT2D eigenvalue weighted by molar-refractivity contribution is -0.127. The van der Waals surface area contributed by atoms with Crippen molar-refractivity contribution in [3.63, 3.8) is 0 Å². The van der Waals surface area contributed by atoms with Crippen LogP contribution in [0.25, 0.3) is 0 Å². The van der Waals surface area contributed by atoms with E-state index in [0.29, 0.717) is 12.1 Å². The average Bonchev–Trinajstić information content (AvgIpc) is 3.11. The summed E-state index contributed by atoms with van der Waals surface area (Å²) in [6, 6.07) is 10.3. The minimum Gasteiger partial charge on any atom is -0.356 e. The van der Waals surface area contributed by atoms with Gasteiger partial charge in [-0.3, -0.25) is 19.7 Å². The molecule has 0 radical (unpaired) electrons. The highest BCUT2D eigenvalue weighted by atomic mass is 16.2. The Labute approximate surface area is 208 Å². The van der Waals surface area contributed by atoms with Crippen LogP contribution in [0.5, 0.6) is 0 Å². The SMILES string of the molecule is C=CN=C(CN1C=NC/C(C#N)=C(/N2CCCNCC2)N(CC#CC)CC1=O)c1ccccc1C. The van der Waals surface area contributed by atoms with E-state index in [1.165, 1.54) is 12.5 Å². The molecule has 1 N–H and O–H groups in total. The first kappa shape index (κ1) is 25.7. The molecule has 0 aliphatic carbocycles. The fourth-order valence-corrected chi connectivity index (χ4v) is 4.22. The fraction of sp³-hybridized carbons (Fsp3) is 0.407. The number of amides is 1. The van der Waals surface area contributed by atoms with E-state index in [-0.39, 0.29) is 25.5 Å². The van der Waals surface area contributed by atoms with Crippen molar-refractivity contribution in [2.45, 2.75) is 20.3 Å². The minimum absolute atomic E-state index is 0.0836. The van der Waals surface area contributed by atoms with Crippen molar-refractivity contribution in [2.24, 2.45) is 9.98 Å². The van der Waals surface area contributed by atoms with Gasteiger partial charge in [-0.2, -0.15) is 5.26 Å². The largest absolute Gasteiger partial charge is 0.356 e. The third-order valence-electron chi connectivity index (χ3n) is 5.93. The Hall–Kier alpha value is -3.88. The molecule has 0 unspecified atom stereocenters. The molecule has 1 fully saturated rings. The predicted octanol–water partition coefficient (Wildman–Crippen LogP) is 2.15. The quantitative estimate of drug-likeness (QED) is 0.508. The lowest BCUT2D eigenvalue weighted by Gasteiger charge is -2.35. The second-order valence-electron chi connectivity index (χ2n) is 8.34. The molecule has 1 amide bonds. The molecule has 0 spiro atoms. The van der Waals surface area contributed by atoms with Crippen molar-refractivity contribution >= 4 is 18.0 Å². The van der Waals surface area contributed by atoms with Crippen LogP contribution in [0.1, 0.15) is 24.5 Å². The zero-order valence-electron chi connectivity index (χ0n) is 20.6. The third-order valence-corrected chi connectivity index (χ3v) is 5.93. The van der Waals surface area contributed by atoms with Crippen LogP contribution < -0.4 is 5.32 Å². The van der Waals surface area contributed by atoms with Crippen LogP contribution in [0, 0.1) is 30.1 Å². The molecule has 8 nitrogen and oxygen atoms in total. The number of carbonyl (C=O) groups excluding carboxylic acids is 1. The first-order valence-electron chi connectivity index (χ1n) is 11.9. The molecule has 3 rings (SSSR count). The van der Waals surface area contributed by atoms with Gasteiger partial charge in [-0.15, -0.1) is 5.92 Å². The van der Waals surface area contributed by atoms with E-state index in [1.54, 1.807) is 11.8 Å². The molecule has 0 aromatic heterocycles. The number of nitrogens with one attached hydrogen (secondary N) is 1. The molecular formula is C27H33N7O. The summed E-state index contributed by atoms with van der Waals surface area (Å²) in [6.07, 6.45) is 3.98. The Morgan fingerprint density at radius 2 is 2.14 bits per heavy atom. The van der Waals surface area contributed by atoms with E-state index >= 15 is 0 Å². The first-order valence-corrected chi connectivity index (χ1v) is 11.9. The summed E-state index contributed by atoms with van der Waals surface area (Å²) in [5.74, 6) is 6.63. The van der Waals surface area contributed by atoms with Crippen LogP contribution in [0.4, 0.5) is 0 Å². The topological polar surface area (TPSA) is 87.3 Å². The number of benzene rings is 1. The predicted molar refractivity (Wildman–Crippen MR) is 140 cm³/mol. The molecule has 35 heavy (non-hydrogen) atoms. The molecule has 182 valence electrons. The second kappa shape index (κ2) is 13.1. The van der Waals surface area contributed by atoms with Gasteiger partial charge in [0.2, 0.25) is 5.91 Å². The van der Waals surface area contributed by atoms with Crippen molar-refractivity contribution < 1.29 is 4.79 Å². The van der Waals surface area contributed by atoms with Crippen LogP contribution in [0.2, 0.25) is 0 Å². The smallest absolute Gasteiger partial charge is 0.247 e. The second-order valence-corrected chi connectivity index (χ2v) is 8.34. The number of hydrogen-bond acceptors (Lipinski definition) is 7. The Morgan fingerprint density at radius 1 is 1.31 bits per heavy atom. The molecule has 8 heteroatoms. The van der Waals surface area contributed by atoms with Gasteiger partial charge in [0.25, 0.3) is 0 Å². The highest BCUT2D eigenvalue weighted by molar-refractivity contribution is 6.06. The number of aryl methyl sites for hydroxylation is 1. The monoisotopic (exact) mass is 471 g/mol. The van der Waals surface area contributed by atoms with Gasteiger partial charge in [0.1, 0.15) is 11.9 Å². The Kier molecular flexibility index (Phi) is 9.65. The Morgan fingerprint density at radius 3 is 2.89 bits per heavy atom. The summed E-state index contributed by atoms with van der Waals surface area (Å²) < 4.78 is 0. The van der Waals surface area contributed by atoms with Gasteiger partial charge in [-0.25, -0.2) is 0 Å². The highest BCUT2D eigenvalue weighted by Crippen LogP contribution is 2.19. The molecule has 1 aromatic rings. The van der Waals surface area contributed by atoms with Gasteiger partial charge in [-0.1, -0.05) is 36.8 Å². The van der Waals surface area contributed by atoms with E-state index < -0.39 is 0 Å². The van der Waals surface area contributed by atoms with Gasteiger partial charge in [0.15, 0.2) is 0 Å². The molecule has 1 saturated heterocycles. The summed E-state index contributed by atoms with van der Waals surface area (Å²) >= 11 is 0. The molecule has 1 aromatic carbocycles. The normalized spacial score (nSPS) is 19.6. The van der Waals surface area contributed by atoms with Crippen molar-refractivity contribution in [1.82, 2.24) is 20.0 Å². The molecule has 0 atom stereocenters. The number of aliphatic imine (C=N–C) groups is 2. The summed E-state index contributed by atoms with van der Waals surface area (Å²) in [4.78, 5) is 28.2. The summed E-state index contributed by atoms with van der Waals surface area (Å²) in [5, 5.41) is 13.4. The van der Waals surface area contributed by atoms with Crippen LogP contribution in [-0.4, -0.2) is 85.0 Å². The Bertz CT molecular complexity index is 1110. The lowest BCUT2D eigenvalue weighted by Crippen LogP contribution is -2.45. The van der Waals surface area contributed by atoms with Crippen LogP contribution >= 0.6 is 0 Å². The molecular weight excluding hydrogens is 438 g/mol. The van der Waals surface area contributed by atoms with Gasteiger partial charge in [-0.05, 0) is 32.4 Å². The van der Waals surface area contributed by atoms with E-state index in [4.69, 9.17) is 0 Å². The number of nitrogens with zero attached hydrogens (tertiary/aromatic N) is 6. The van der Waals surface area contributed by atoms with Crippen LogP contribution in [0.15, 0.2) is 58.4 Å². The van der Waals surface area contributed by atoms with Gasteiger partial charge in [0, 0.05) is 31.4 Å². The zero-order chi connectivity index (χ0) is 25.0. The zero-order valence-corrected chi connectivity index (χ0v) is 20.6. The number of nitriles is 1. The molecule has 2 heterocycles. The molecule has 0 bridgehead atoms. The van der Waals surface area contributed by atoms with Crippen molar-refractivity contribution in [1.29, 1.82) is 5.26 Å². The standard InChI is InChI=1S/C27H33N7O/c1-4-6-14-33-20-26(35)34(19-25(31-5-2)24-11-8-7-10-22(24)3)21-30-18-23(17-28)27(33)32-15-9-12-29-13-16-32/h5,7-8,10-11,21,29H,2,9,12-16,18-20H2,1,3H3/b27-23-,30-21?,31-25?. The maximum atomic E-state index is 13.6. The molecule has 2 aliphatic heterocycles. The van der Waals surface area contributed by atoms with Gasteiger partial charge < -0.3 is 15.1 Å². The van der Waals surface area contributed by atoms with Crippen molar-refractivity contribution in [3.05, 3.63) is 59.6 Å². The van der Waals surface area contributed by atoms with E-state index in [1.807, 2.05) is 36.1 Å². The summed E-state index contributed by atoms with van der Waals surface area (Å²) in [6.45, 7) is 11.7. The fourth-order valence-electron chi connectivity index (χ4n) is 4.22. The van der Waals surface area contributed by atoms with Gasteiger partial charge >= 0.3 is 0 Å². The average molecular weight is 472 g/mol. The summed E-state index contributed by atoms with van der Waals surface area (Å²) in [5.41, 5.74) is 3.28. The van der Waals surface area contributed by atoms with E-state index in [9.17, 15) is 10.1 Å². The maximum Gasteiger partial charge on any atom is 0.247 e. The van der Waals surface area contributed by atoms with E-state index in [2.05, 4.69) is 44.7 Å². The minimum atomic E-state index is -0.137. The van der Waals surface area contributed by atoms with E-state index in [0.717, 1.165) is 55.3 Å². The third kappa shape index (κ3) is 6.81. The molecule has 0 saturated carbocycles. The number of carbonyl (C=O) groups is 1. The number of hydrogen-bond donors (Lipinski definition) is 1.